The van der Waals surface area contributed by atoms with Gasteiger partial charge in [0.2, 0.25) is 0 Å². The van der Waals surface area contributed by atoms with Gasteiger partial charge in [-0.2, -0.15) is 0 Å². The van der Waals surface area contributed by atoms with E-state index >= 15 is 0 Å². The van der Waals surface area contributed by atoms with E-state index in [1.165, 1.54) is 19.0 Å². The second-order valence-corrected chi connectivity index (χ2v) is 5.97. The topological polar surface area (TPSA) is 59.2 Å². The fourth-order valence-electron chi connectivity index (χ4n) is 2.69. The molecule has 23 heavy (non-hydrogen) atoms. The summed E-state index contributed by atoms with van der Waals surface area (Å²) in [6.45, 7) is 2.75. The van der Waals surface area contributed by atoms with Crippen molar-refractivity contribution in [2.24, 2.45) is 5.92 Å². The highest BCUT2D eigenvalue weighted by molar-refractivity contribution is 5.92. The number of nitrogen functional groups attached to an aromatic ring is 1. The Morgan fingerprint density at radius 1 is 1.26 bits per heavy atom. The average molecular weight is 332 g/mol. The zero-order valence-electron chi connectivity index (χ0n) is 13.2. The molecule has 1 aromatic carbocycles. The van der Waals surface area contributed by atoms with Gasteiger partial charge in [-0.1, -0.05) is 30.3 Å². The molecule has 0 bridgehead atoms. The molecule has 4 nitrogen and oxygen atoms in total. The SMILES string of the molecule is CC(C1CC1)N(Cc1ccccc1)C(=O)c1ccc(N)cn1.Cl. The van der Waals surface area contributed by atoms with Crippen LogP contribution >= 0.6 is 12.4 Å². The summed E-state index contributed by atoms with van der Waals surface area (Å²) in [5.74, 6) is 0.588. The summed E-state index contributed by atoms with van der Waals surface area (Å²) in [7, 11) is 0. The monoisotopic (exact) mass is 331 g/mol. The minimum atomic E-state index is -0.0248. The van der Waals surface area contributed by atoms with Crippen LogP contribution in [0.25, 0.3) is 0 Å². The molecule has 1 unspecified atom stereocenters. The molecular formula is C18H22ClN3O. The number of hydrogen-bond acceptors (Lipinski definition) is 3. The van der Waals surface area contributed by atoms with E-state index in [0.717, 1.165) is 5.56 Å². The fraction of sp³-hybridized carbons (Fsp3) is 0.333. The quantitative estimate of drug-likeness (QED) is 0.911. The van der Waals surface area contributed by atoms with E-state index in [9.17, 15) is 4.79 Å². The number of halogens is 1. The number of carbonyl (C=O) groups excluding carboxylic acids is 1. The van der Waals surface area contributed by atoms with Gasteiger partial charge in [-0.3, -0.25) is 4.79 Å². The highest BCUT2D eigenvalue weighted by Gasteiger charge is 2.34. The number of anilines is 1. The summed E-state index contributed by atoms with van der Waals surface area (Å²) in [6.07, 6.45) is 3.94. The Morgan fingerprint density at radius 3 is 2.52 bits per heavy atom. The first-order valence-electron chi connectivity index (χ1n) is 7.71. The third kappa shape index (κ3) is 4.23. The molecule has 0 aliphatic heterocycles. The molecule has 1 saturated carbocycles. The zero-order valence-corrected chi connectivity index (χ0v) is 14.0. The van der Waals surface area contributed by atoms with Crippen LogP contribution in [0.4, 0.5) is 5.69 Å². The van der Waals surface area contributed by atoms with Crippen molar-refractivity contribution < 1.29 is 4.79 Å². The number of amides is 1. The number of hydrogen-bond donors (Lipinski definition) is 1. The van der Waals surface area contributed by atoms with Crippen LogP contribution in [-0.4, -0.2) is 21.8 Å². The van der Waals surface area contributed by atoms with Crippen LogP contribution in [0.15, 0.2) is 48.7 Å². The lowest BCUT2D eigenvalue weighted by Gasteiger charge is -2.29. The van der Waals surface area contributed by atoms with E-state index in [-0.39, 0.29) is 24.4 Å². The van der Waals surface area contributed by atoms with Crippen LogP contribution < -0.4 is 5.73 Å². The normalized spacial score (nSPS) is 14.7. The van der Waals surface area contributed by atoms with Crippen LogP contribution in [0.3, 0.4) is 0 Å². The second-order valence-electron chi connectivity index (χ2n) is 5.97. The molecule has 1 fully saturated rings. The number of carbonyl (C=O) groups is 1. The molecule has 1 aromatic heterocycles. The van der Waals surface area contributed by atoms with Gasteiger partial charge < -0.3 is 10.6 Å². The Bertz CT molecular complexity index is 641. The van der Waals surface area contributed by atoms with Crippen LogP contribution in [0.1, 0.15) is 35.8 Å². The van der Waals surface area contributed by atoms with Crippen molar-refractivity contribution in [1.82, 2.24) is 9.88 Å². The molecule has 1 heterocycles. The Hall–Kier alpha value is -2.07. The summed E-state index contributed by atoms with van der Waals surface area (Å²) in [5.41, 5.74) is 7.82. The lowest BCUT2D eigenvalue weighted by Crippen LogP contribution is -2.39. The highest BCUT2D eigenvalue weighted by Crippen LogP contribution is 2.36. The molecule has 122 valence electrons. The standard InChI is InChI=1S/C18H21N3O.ClH/c1-13(15-7-8-15)21(12-14-5-3-2-4-6-14)18(22)17-10-9-16(19)11-20-17;/h2-6,9-11,13,15H,7-8,12,19H2,1H3;1H. The minimum absolute atomic E-state index is 0. The van der Waals surface area contributed by atoms with Crippen molar-refractivity contribution >= 4 is 24.0 Å². The largest absolute Gasteiger partial charge is 0.397 e. The predicted octanol–water partition coefficient (Wildman–Crippen LogP) is 3.53. The van der Waals surface area contributed by atoms with Gasteiger partial charge in [-0.25, -0.2) is 4.98 Å². The summed E-state index contributed by atoms with van der Waals surface area (Å²) >= 11 is 0. The molecule has 2 N–H and O–H groups in total. The van der Waals surface area contributed by atoms with Gasteiger partial charge >= 0.3 is 0 Å². The van der Waals surface area contributed by atoms with Gasteiger partial charge in [-0.15, -0.1) is 12.4 Å². The predicted molar refractivity (Wildman–Crippen MR) is 94.4 cm³/mol. The van der Waals surface area contributed by atoms with Gasteiger partial charge in [0.15, 0.2) is 0 Å². The third-order valence-electron chi connectivity index (χ3n) is 4.26. The number of aromatic nitrogens is 1. The number of benzene rings is 1. The van der Waals surface area contributed by atoms with Gasteiger partial charge in [0.25, 0.3) is 5.91 Å². The molecule has 1 aliphatic rings. The zero-order chi connectivity index (χ0) is 15.5. The molecule has 1 amide bonds. The lowest BCUT2D eigenvalue weighted by atomic mass is 10.1. The van der Waals surface area contributed by atoms with Crippen molar-refractivity contribution in [3.8, 4) is 0 Å². The Labute approximate surface area is 143 Å². The number of rotatable bonds is 5. The van der Waals surface area contributed by atoms with Crippen LogP contribution in [-0.2, 0) is 6.54 Å². The summed E-state index contributed by atoms with van der Waals surface area (Å²) in [4.78, 5) is 19.0. The summed E-state index contributed by atoms with van der Waals surface area (Å²) in [6, 6.07) is 13.8. The second kappa shape index (κ2) is 7.47. The van der Waals surface area contributed by atoms with Crippen molar-refractivity contribution in [3.05, 3.63) is 59.9 Å². The molecule has 5 heteroatoms. The van der Waals surface area contributed by atoms with Crippen molar-refractivity contribution in [3.63, 3.8) is 0 Å². The molecule has 0 radical (unpaired) electrons. The van der Waals surface area contributed by atoms with Gasteiger partial charge in [0.05, 0.1) is 11.9 Å². The first-order chi connectivity index (χ1) is 10.6. The van der Waals surface area contributed by atoms with E-state index in [0.29, 0.717) is 23.8 Å². The third-order valence-corrected chi connectivity index (χ3v) is 4.26. The maximum Gasteiger partial charge on any atom is 0.272 e. The number of nitrogens with zero attached hydrogens (tertiary/aromatic N) is 2. The van der Waals surface area contributed by atoms with Crippen LogP contribution in [0.2, 0.25) is 0 Å². The molecule has 1 aliphatic carbocycles. The van der Waals surface area contributed by atoms with E-state index in [2.05, 4.69) is 24.0 Å². The van der Waals surface area contributed by atoms with Gasteiger partial charge in [0.1, 0.15) is 5.69 Å². The van der Waals surface area contributed by atoms with E-state index in [4.69, 9.17) is 5.73 Å². The van der Waals surface area contributed by atoms with Gasteiger partial charge in [-0.05, 0) is 43.4 Å². The van der Waals surface area contributed by atoms with Crippen LogP contribution in [0, 0.1) is 5.92 Å². The average Bonchev–Trinajstić information content (AvgIpc) is 3.38. The van der Waals surface area contributed by atoms with E-state index < -0.39 is 0 Å². The number of pyridine rings is 1. The number of nitrogens with two attached hydrogens (primary N) is 1. The van der Waals surface area contributed by atoms with Crippen molar-refractivity contribution in [2.75, 3.05) is 5.73 Å². The molecule has 0 spiro atoms. The van der Waals surface area contributed by atoms with Crippen LogP contribution in [0.5, 0.6) is 0 Å². The van der Waals surface area contributed by atoms with Crippen molar-refractivity contribution in [2.45, 2.75) is 32.4 Å². The Balaban J connectivity index is 0.00000192. The minimum Gasteiger partial charge on any atom is -0.397 e. The molecule has 3 rings (SSSR count). The first-order valence-corrected chi connectivity index (χ1v) is 7.71. The maximum absolute atomic E-state index is 12.9. The fourth-order valence-corrected chi connectivity index (χ4v) is 2.69. The highest BCUT2D eigenvalue weighted by atomic mass is 35.5. The van der Waals surface area contributed by atoms with E-state index in [1.54, 1.807) is 12.1 Å². The van der Waals surface area contributed by atoms with Crippen molar-refractivity contribution in [1.29, 1.82) is 0 Å². The molecular weight excluding hydrogens is 310 g/mol. The lowest BCUT2D eigenvalue weighted by molar-refractivity contribution is 0.0648. The van der Waals surface area contributed by atoms with E-state index in [1.807, 2.05) is 23.1 Å². The Kier molecular flexibility index (Phi) is 5.61. The summed E-state index contributed by atoms with van der Waals surface area (Å²) in [5, 5.41) is 0. The first kappa shape index (κ1) is 17.3. The maximum atomic E-state index is 12.9. The molecule has 2 aromatic rings. The smallest absolute Gasteiger partial charge is 0.272 e. The summed E-state index contributed by atoms with van der Waals surface area (Å²) < 4.78 is 0. The van der Waals surface area contributed by atoms with Gasteiger partial charge in [0, 0.05) is 12.6 Å². The Morgan fingerprint density at radius 2 is 1.96 bits per heavy atom. The molecule has 1 atom stereocenters. The molecule has 0 saturated heterocycles.